The summed E-state index contributed by atoms with van der Waals surface area (Å²) in [6, 6.07) is 3.59. The lowest BCUT2D eigenvalue weighted by Crippen LogP contribution is -1.97. The molecular formula is C13H8F2N2O2S. The second kappa shape index (κ2) is 4.68. The highest BCUT2D eigenvalue weighted by molar-refractivity contribution is 7.18. The Hall–Kier alpha value is -2.28. The minimum atomic E-state index is -0.922. The summed E-state index contributed by atoms with van der Waals surface area (Å²) in [5.74, 6) is -2.26. The molecule has 0 bridgehead atoms. The van der Waals surface area contributed by atoms with E-state index in [4.69, 9.17) is 0 Å². The van der Waals surface area contributed by atoms with Crippen molar-refractivity contribution in [3.63, 3.8) is 0 Å². The van der Waals surface area contributed by atoms with Crippen LogP contribution in [0.3, 0.4) is 0 Å². The molecule has 4 nitrogen and oxygen atoms in total. The average molecular weight is 294 g/mol. The van der Waals surface area contributed by atoms with Gasteiger partial charge in [0, 0.05) is 18.0 Å². The first-order chi connectivity index (χ1) is 9.58. The molecule has 0 radical (unpaired) electrons. The normalized spacial score (nSPS) is 10.9. The second-order valence-electron chi connectivity index (χ2n) is 4.03. The first-order valence-corrected chi connectivity index (χ1v) is 6.42. The summed E-state index contributed by atoms with van der Waals surface area (Å²) >= 11 is 1.16. The molecule has 0 spiro atoms. The van der Waals surface area contributed by atoms with E-state index in [9.17, 15) is 13.6 Å². The van der Waals surface area contributed by atoms with Gasteiger partial charge in [-0.3, -0.25) is 4.40 Å². The van der Waals surface area contributed by atoms with Crippen LogP contribution in [0.4, 0.5) is 8.78 Å². The zero-order valence-electron chi connectivity index (χ0n) is 10.3. The SMILES string of the molecule is COC(=O)c1cn2cc(-c3ccc(F)c(F)c3)nc2s1. The van der Waals surface area contributed by atoms with Crippen LogP contribution in [0.15, 0.2) is 30.6 Å². The number of esters is 1. The number of rotatable bonds is 2. The van der Waals surface area contributed by atoms with Gasteiger partial charge in [0.15, 0.2) is 16.6 Å². The lowest BCUT2D eigenvalue weighted by molar-refractivity contribution is 0.0606. The van der Waals surface area contributed by atoms with Gasteiger partial charge < -0.3 is 4.74 Å². The van der Waals surface area contributed by atoms with E-state index in [1.807, 2.05) is 0 Å². The van der Waals surface area contributed by atoms with Gasteiger partial charge in [-0.15, -0.1) is 0 Å². The van der Waals surface area contributed by atoms with E-state index in [2.05, 4.69) is 9.72 Å². The molecule has 0 aliphatic heterocycles. The molecule has 0 unspecified atom stereocenters. The Bertz CT molecular complexity index is 778. The molecule has 3 aromatic rings. The lowest BCUT2D eigenvalue weighted by atomic mass is 10.1. The molecule has 0 atom stereocenters. The fourth-order valence-corrected chi connectivity index (χ4v) is 2.67. The first kappa shape index (κ1) is 12.7. The number of carbonyl (C=O) groups excluding carboxylic acids is 1. The van der Waals surface area contributed by atoms with Gasteiger partial charge in [0.1, 0.15) is 4.88 Å². The predicted molar refractivity (Wildman–Crippen MR) is 69.8 cm³/mol. The van der Waals surface area contributed by atoms with Crippen LogP contribution in [0.1, 0.15) is 9.67 Å². The molecule has 0 aliphatic rings. The third-order valence-corrected chi connectivity index (χ3v) is 3.73. The van der Waals surface area contributed by atoms with E-state index >= 15 is 0 Å². The van der Waals surface area contributed by atoms with Gasteiger partial charge in [-0.05, 0) is 18.2 Å². The Kier molecular flexibility index (Phi) is 2.98. The van der Waals surface area contributed by atoms with Crippen molar-refractivity contribution < 1.29 is 18.3 Å². The summed E-state index contributed by atoms with van der Waals surface area (Å²) < 4.78 is 32.3. The maximum Gasteiger partial charge on any atom is 0.349 e. The van der Waals surface area contributed by atoms with Crippen molar-refractivity contribution in [3.05, 3.63) is 47.1 Å². The Morgan fingerprint density at radius 2 is 2.10 bits per heavy atom. The molecule has 0 fully saturated rings. The molecular weight excluding hydrogens is 286 g/mol. The molecule has 2 heterocycles. The summed E-state index contributed by atoms with van der Waals surface area (Å²) in [6.45, 7) is 0. The van der Waals surface area contributed by atoms with Crippen LogP contribution < -0.4 is 0 Å². The van der Waals surface area contributed by atoms with Gasteiger partial charge in [0.25, 0.3) is 0 Å². The van der Waals surface area contributed by atoms with Crippen LogP contribution in [-0.4, -0.2) is 22.5 Å². The van der Waals surface area contributed by atoms with Crippen LogP contribution in [0, 0.1) is 11.6 Å². The Morgan fingerprint density at radius 3 is 2.75 bits per heavy atom. The number of nitrogens with zero attached hydrogens (tertiary/aromatic N) is 2. The maximum atomic E-state index is 13.2. The minimum Gasteiger partial charge on any atom is -0.465 e. The van der Waals surface area contributed by atoms with Crippen LogP contribution in [-0.2, 0) is 4.74 Å². The number of imidazole rings is 1. The standard InChI is InChI=1S/C13H8F2N2O2S/c1-19-12(18)11-6-17-5-10(16-13(17)20-11)7-2-3-8(14)9(15)4-7/h2-6H,1H3. The summed E-state index contributed by atoms with van der Waals surface area (Å²) in [4.78, 5) is 16.6. The van der Waals surface area contributed by atoms with Crippen molar-refractivity contribution in [1.29, 1.82) is 0 Å². The number of aromatic nitrogens is 2. The number of benzene rings is 1. The monoisotopic (exact) mass is 294 g/mol. The maximum absolute atomic E-state index is 13.2. The van der Waals surface area contributed by atoms with E-state index in [0.29, 0.717) is 21.1 Å². The molecule has 7 heteroatoms. The van der Waals surface area contributed by atoms with Crippen molar-refractivity contribution in [2.75, 3.05) is 7.11 Å². The molecule has 0 N–H and O–H groups in total. The molecule has 0 saturated heterocycles. The number of methoxy groups -OCH3 is 1. The molecule has 3 rings (SSSR count). The number of ether oxygens (including phenoxy) is 1. The van der Waals surface area contributed by atoms with Gasteiger partial charge in [0.2, 0.25) is 0 Å². The second-order valence-corrected chi connectivity index (χ2v) is 5.04. The summed E-state index contributed by atoms with van der Waals surface area (Å²) in [5.41, 5.74) is 0.978. The van der Waals surface area contributed by atoms with Crippen molar-refractivity contribution in [2.45, 2.75) is 0 Å². The topological polar surface area (TPSA) is 43.6 Å². The van der Waals surface area contributed by atoms with Crippen molar-refractivity contribution in [1.82, 2.24) is 9.38 Å². The van der Waals surface area contributed by atoms with E-state index in [0.717, 1.165) is 23.5 Å². The van der Waals surface area contributed by atoms with E-state index < -0.39 is 17.6 Å². The Balaban J connectivity index is 2.03. The Morgan fingerprint density at radius 1 is 1.30 bits per heavy atom. The number of thiazole rings is 1. The molecule has 2 aromatic heterocycles. The largest absolute Gasteiger partial charge is 0.465 e. The molecule has 20 heavy (non-hydrogen) atoms. The average Bonchev–Trinajstić information content (AvgIpc) is 2.99. The summed E-state index contributed by atoms with van der Waals surface area (Å²) in [7, 11) is 1.30. The fraction of sp³-hybridized carbons (Fsp3) is 0.0769. The van der Waals surface area contributed by atoms with Gasteiger partial charge in [-0.1, -0.05) is 11.3 Å². The highest BCUT2D eigenvalue weighted by Crippen LogP contribution is 2.25. The number of hydrogen-bond acceptors (Lipinski definition) is 4. The fourth-order valence-electron chi connectivity index (χ4n) is 1.79. The summed E-state index contributed by atoms with van der Waals surface area (Å²) in [5, 5.41) is 0. The molecule has 1 aromatic carbocycles. The van der Waals surface area contributed by atoms with Crippen LogP contribution in [0.5, 0.6) is 0 Å². The highest BCUT2D eigenvalue weighted by atomic mass is 32.1. The third-order valence-electron chi connectivity index (χ3n) is 2.76. The van der Waals surface area contributed by atoms with Crippen LogP contribution in [0.2, 0.25) is 0 Å². The zero-order valence-corrected chi connectivity index (χ0v) is 11.1. The first-order valence-electron chi connectivity index (χ1n) is 5.61. The van der Waals surface area contributed by atoms with Crippen LogP contribution in [0.25, 0.3) is 16.2 Å². The molecule has 0 amide bonds. The smallest absolute Gasteiger partial charge is 0.349 e. The highest BCUT2D eigenvalue weighted by Gasteiger charge is 2.14. The quantitative estimate of drug-likeness (QED) is 0.682. The third kappa shape index (κ3) is 2.05. The number of hydrogen-bond donors (Lipinski definition) is 0. The number of halogens is 2. The van der Waals surface area contributed by atoms with Gasteiger partial charge >= 0.3 is 5.97 Å². The van der Waals surface area contributed by atoms with Crippen molar-refractivity contribution in [2.24, 2.45) is 0 Å². The predicted octanol–water partition coefficient (Wildman–Crippen LogP) is 3.13. The molecule has 102 valence electrons. The van der Waals surface area contributed by atoms with Gasteiger partial charge in [0.05, 0.1) is 12.8 Å². The zero-order chi connectivity index (χ0) is 14.3. The Labute approximate surface area is 116 Å². The van der Waals surface area contributed by atoms with Crippen LogP contribution >= 0.6 is 11.3 Å². The minimum absolute atomic E-state index is 0.423. The van der Waals surface area contributed by atoms with Gasteiger partial charge in [-0.25, -0.2) is 18.6 Å². The number of carbonyl (C=O) groups is 1. The van der Waals surface area contributed by atoms with E-state index in [-0.39, 0.29) is 0 Å². The molecule has 0 aliphatic carbocycles. The lowest BCUT2D eigenvalue weighted by Gasteiger charge is -1.97. The van der Waals surface area contributed by atoms with Gasteiger partial charge in [-0.2, -0.15) is 0 Å². The molecule has 0 saturated carbocycles. The number of fused-ring (bicyclic) bond motifs is 1. The van der Waals surface area contributed by atoms with Crippen molar-refractivity contribution in [3.8, 4) is 11.3 Å². The van der Waals surface area contributed by atoms with E-state index in [1.165, 1.54) is 13.2 Å². The van der Waals surface area contributed by atoms with Crippen molar-refractivity contribution >= 4 is 22.3 Å². The van der Waals surface area contributed by atoms with E-state index in [1.54, 1.807) is 16.8 Å². The summed E-state index contributed by atoms with van der Waals surface area (Å²) in [6.07, 6.45) is 3.23.